The third kappa shape index (κ3) is 3.73. The molecule has 1 saturated heterocycles. The lowest BCUT2D eigenvalue weighted by molar-refractivity contribution is -0.123. The second-order valence-electron chi connectivity index (χ2n) is 3.21. The molecular formula is C7H13N2O3S. The number of piperidine rings is 1. The summed E-state index contributed by atoms with van der Waals surface area (Å²) in [6.07, 6.45) is 2.57. The van der Waals surface area contributed by atoms with Gasteiger partial charge in [0.15, 0.2) is 0 Å². The first kappa shape index (κ1) is 10.5. The van der Waals surface area contributed by atoms with Crippen LogP contribution in [0.4, 0.5) is 0 Å². The van der Waals surface area contributed by atoms with Crippen molar-refractivity contribution in [2.45, 2.75) is 12.8 Å². The average Bonchev–Trinajstić information content (AvgIpc) is 2.03. The van der Waals surface area contributed by atoms with E-state index in [4.69, 9.17) is 0 Å². The minimum Gasteiger partial charge on any atom is -0.274 e. The van der Waals surface area contributed by atoms with Gasteiger partial charge in [0.05, 0.1) is 12.2 Å². The van der Waals surface area contributed by atoms with E-state index in [1.165, 1.54) is 0 Å². The lowest BCUT2D eigenvalue weighted by atomic mass is 9.99. The Bertz CT molecular complexity index is 280. The van der Waals surface area contributed by atoms with Gasteiger partial charge < -0.3 is 0 Å². The van der Waals surface area contributed by atoms with Crippen LogP contribution in [0.25, 0.3) is 0 Å². The molecule has 0 aromatic rings. The smallest absolute Gasteiger partial charge is 0.237 e. The summed E-state index contributed by atoms with van der Waals surface area (Å²) in [6, 6.07) is 0. The summed E-state index contributed by atoms with van der Waals surface area (Å²) in [5.74, 6) is -0.686. The van der Waals surface area contributed by atoms with Gasteiger partial charge in [0.25, 0.3) is 0 Å². The molecule has 0 aliphatic carbocycles. The fraction of sp³-hybridized carbons (Fsp3) is 0.857. The van der Waals surface area contributed by atoms with Gasteiger partial charge >= 0.3 is 0 Å². The molecule has 1 atom stereocenters. The maximum absolute atomic E-state index is 11.3. The maximum atomic E-state index is 11.3. The van der Waals surface area contributed by atoms with Crippen LogP contribution in [0.5, 0.6) is 0 Å². The first-order valence-electron chi connectivity index (χ1n) is 4.14. The number of amides is 1. The van der Waals surface area contributed by atoms with Crippen LogP contribution >= 0.6 is 0 Å². The fourth-order valence-corrected chi connectivity index (χ4v) is 1.80. The van der Waals surface area contributed by atoms with E-state index in [0.29, 0.717) is 6.54 Å². The Morgan fingerprint density at radius 3 is 2.69 bits per heavy atom. The minimum atomic E-state index is -3.41. The highest BCUT2D eigenvalue weighted by molar-refractivity contribution is 7.89. The van der Waals surface area contributed by atoms with Gasteiger partial charge in [0, 0.05) is 13.1 Å². The zero-order chi connectivity index (χ0) is 9.90. The van der Waals surface area contributed by atoms with Gasteiger partial charge in [-0.1, -0.05) is 0 Å². The zero-order valence-corrected chi connectivity index (χ0v) is 8.30. The van der Waals surface area contributed by atoms with Crippen molar-refractivity contribution < 1.29 is 13.2 Å². The van der Waals surface area contributed by atoms with Gasteiger partial charge in [-0.05, 0) is 12.8 Å². The minimum absolute atomic E-state index is 0.261. The number of hydrogen-bond acceptors (Lipinski definition) is 3. The first-order chi connectivity index (χ1) is 5.99. The molecular weight excluding hydrogens is 192 g/mol. The van der Waals surface area contributed by atoms with Crippen molar-refractivity contribution >= 4 is 15.9 Å². The van der Waals surface area contributed by atoms with Crippen molar-refractivity contribution in [2.24, 2.45) is 5.92 Å². The van der Waals surface area contributed by atoms with Crippen LogP contribution in [0.2, 0.25) is 0 Å². The van der Waals surface area contributed by atoms with Crippen LogP contribution in [0.1, 0.15) is 12.8 Å². The first-order valence-corrected chi connectivity index (χ1v) is 6.03. The second kappa shape index (κ2) is 4.06. The Kier molecular flexibility index (Phi) is 3.27. The number of nitrogens with zero attached hydrogens (tertiary/aromatic N) is 1. The second-order valence-corrected chi connectivity index (χ2v) is 4.96. The Morgan fingerprint density at radius 2 is 2.23 bits per heavy atom. The lowest BCUT2D eigenvalue weighted by Crippen LogP contribution is -2.40. The van der Waals surface area contributed by atoms with Crippen molar-refractivity contribution in [3.05, 3.63) is 0 Å². The summed E-state index contributed by atoms with van der Waals surface area (Å²) >= 11 is 0. The monoisotopic (exact) mass is 205 g/mol. The van der Waals surface area contributed by atoms with E-state index in [2.05, 4.69) is 5.32 Å². The van der Waals surface area contributed by atoms with E-state index >= 15 is 0 Å². The number of nitrogens with one attached hydrogen (secondary N) is 1. The molecule has 0 spiro atoms. The molecule has 1 radical (unpaired) electrons. The zero-order valence-electron chi connectivity index (χ0n) is 7.49. The predicted molar refractivity (Wildman–Crippen MR) is 47.6 cm³/mol. The number of carbonyl (C=O) groups is 1. The summed E-state index contributed by atoms with van der Waals surface area (Å²) < 4.78 is 23.4. The Hall–Kier alpha value is -0.620. The molecule has 1 rings (SSSR count). The number of carbonyl (C=O) groups excluding carboxylic acids is 1. The van der Waals surface area contributed by atoms with E-state index in [1.807, 2.05) is 4.72 Å². The molecule has 0 saturated carbocycles. The molecule has 1 aliphatic heterocycles. The van der Waals surface area contributed by atoms with Gasteiger partial charge in [-0.3, -0.25) is 9.52 Å². The molecule has 1 heterocycles. The molecule has 13 heavy (non-hydrogen) atoms. The molecule has 5 nitrogen and oxygen atoms in total. The van der Waals surface area contributed by atoms with Gasteiger partial charge in [-0.2, -0.15) is 0 Å². The number of sulfonamides is 1. The van der Waals surface area contributed by atoms with Crippen molar-refractivity contribution in [1.29, 1.82) is 0 Å². The van der Waals surface area contributed by atoms with Gasteiger partial charge in [0.2, 0.25) is 15.9 Å². The SMILES string of the molecule is CS(=O)(=O)NC(=O)C1CCC[N]C1. The van der Waals surface area contributed by atoms with Crippen LogP contribution in [-0.2, 0) is 14.8 Å². The van der Waals surface area contributed by atoms with Crippen molar-refractivity contribution in [3.8, 4) is 0 Å². The molecule has 0 aromatic heterocycles. The molecule has 1 fully saturated rings. The van der Waals surface area contributed by atoms with E-state index in [0.717, 1.165) is 25.6 Å². The number of hydrogen-bond donors (Lipinski definition) is 1. The van der Waals surface area contributed by atoms with Crippen molar-refractivity contribution in [1.82, 2.24) is 10.0 Å². The molecule has 6 heteroatoms. The highest BCUT2D eigenvalue weighted by atomic mass is 32.2. The van der Waals surface area contributed by atoms with Crippen molar-refractivity contribution in [3.63, 3.8) is 0 Å². The van der Waals surface area contributed by atoms with Crippen molar-refractivity contribution in [2.75, 3.05) is 19.3 Å². The maximum Gasteiger partial charge on any atom is 0.237 e. The Labute approximate surface area is 77.9 Å². The summed E-state index contributed by atoms with van der Waals surface area (Å²) in [5, 5.41) is 4.05. The molecule has 75 valence electrons. The topological polar surface area (TPSA) is 77.3 Å². The van der Waals surface area contributed by atoms with Crippen LogP contribution in [0.15, 0.2) is 0 Å². The third-order valence-electron chi connectivity index (χ3n) is 1.88. The van der Waals surface area contributed by atoms with E-state index in [9.17, 15) is 13.2 Å². The van der Waals surface area contributed by atoms with E-state index < -0.39 is 15.9 Å². The Morgan fingerprint density at radius 1 is 1.54 bits per heavy atom. The summed E-state index contributed by atoms with van der Waals surface area (Å²) in [7, 11) is -3.41. The summed E-state index contributed by atoms with van der Waals surface area (Å²) in [6.45, 7) is 1.23. The van der Waals surface area contributed by atoms with Crippen LogP contribution in [-0.4, -0.2) is 33.7 Å². The Balaban J connectivity index is 2.47. The summed E-state index contributed by atoms with van der Waals surface area (Å²) in [4.78, 5) is 11.3. The largest absolute Gasteiger partial charge is 0.274 e. The standard InChI is InChI=1S/C7H13N2O3S/c1-13(11,12)9-7(10)6-3-2-4-8-5-6/h6H,2-5H2,1H3,(H,9,10). The van der Waals surface area contributed by atoms with Gasteiger partial charge in [0.1, 0.15) is 0 Å². The predicted octanol–water partition coefficient (Wildman–Crippen LogP) is -0.923. The normalized spacial score (nSPS) is 23.9. The van der Waals surface area contributed by atoms with Crippen LogP contribution < -0.4 is 10.0 Å². The molecule has 0 aromatic carbocycles. The molecule has 0 bridgehead atoms. The van der Waals surface area contributed by atoms with E-state index in [1.54, 1.807) is 0 Å². The average molecular weight is 205 g/mol. The van der Waals surface area contributed by atoms with Crippen LogP contribution in [0.3, 0.4) is 0 Å². The highest BCUT2D eigenvalue weighted by Crippen LogP contribution is 2.10. The molecule has 1 unspecified atom stereocenters. The van der Waals surface area contributed by atoms with E-state index in [-0.39, 0.29) is 5.92 Å². The molecule has 1 aliphatic rings. The molecule has 1 amide bonds. The van der Waals surface area contributed by atoms with Crippen LogP contribution in [0, 0.1) is 5.92 Å². The molecule has 1 N–H and O–H groups in total. The van der Waals surface area contributed by atoms with Gasteiger partial charge in [-0.15, -0.1) is 0 Å². The lowest BCUT2D eigenvalue weighted by Gasteiger charge is -2.19. The fourth-order valence-electron chi connectivity index (χ4n) is 1.27. The van der Waals surface area contributed by atoms with Gasteiger partial charge in [-0.25, -0.2) is 13.7 Å². The third-order valence-corrected chi connectivity index (χ3v) is 2.45. The number of rotatable bonds is 2. The highest BCUT2D eigenvalue weighted by Gasteiger charge is 2.23. The quantitative estimate of drug-likeness (QED) is 0.633. The summed E-state index contributed by atoms with van der Waals surface area (Å²) in [5.41, 5.74) is 0.